The Morgan fingerprint density at radius 2 is 2.00 bits per heavy atom. The molecule has 1 aromatic carbocycles. The van der Waals surface area contributed by atoms with Gasteiger partial charge in [-0.25, -0.2) is 22.9 Å². The highest BCUT2D eigenvalue weighted by molar-refractivity contribution is 7.89. The van der Waals surface area contributed by atoms with E-state index in [1.165, 1.54) is 6.20 Å². The third-order valence-corrected chi connectivity index (χ3v) is 5.58. The average molecular weight is 489 g/mol. The molecule has 0 unspecified atom stereocenters. The molecule has 4 rings (SSSR count). The summed E-state index contributed by atoms with van der Waals surface area (Å²) in [7, 11) is -3.94. The molecule has 4 aromatic rings. The number of fused-ring (bicyclic) bond motifs is 1. The van der Waals surface area contributed by atoms with Crippen molar-refractivity contribution in [2.45, 2.75) is 6.54 Å². The van der Waals surface area contributed by atoms with E-state index in [1.54, 1.807) is 34.9 Å². The fraction of sp³-hybridized carbons (Fsp3) is 0.100. The minimum atomic E-state index is -3.94. The number of sulfonamides is 1. The molecule has 0 saturated carbocycles. The van der Waals surface area contributed by atoms with Gasteiger partial charge in [0, 0.05) is 40.4 Å². The predicted molar refractivity (Wildman–Crippen MR) is 124 cm³/mol. The zero-order chi connectivity index (χ0) is 23.9. The Morgan fingerprint density at radius 3 is 2.67 bits per heavy atom. The van der Waals surface area contributed by atoms with Crippen LogP contribution in [0.5, 0.6) is 0 Å². The van der Waals surface area contributed by atoms with Gasteiger partial charge in [0.15, 0.2) is 0 Å². The number of halogens is 1. The van der Waals surface area contributed by atoms with Crippen molar-refractivity contribution < 1.29 is 13.2 Å². The van der Waals surface area contributed by atoms with Crippen LogP contribution in [0.2, 0.25) is 5.02 Å². The van der Waals surface area contributed by atoms with E-state index in [9.17, 15) is 22.8 Å². The molecule has 0 aliphatic heterocycles. The third kappa shape index (κ3) is 4.52. The summed E-state index contributed by atoms with van der Waals surface area (Å²) in [6.45, 7) is 0.0959. The Morgan fingerprint density at radius 1 is 1.24 bits per heavy atom. The van der Waals surface area contributed by atoms with E-state index in [0.29, 0.717) is 21.5 Å². The molecule has 0 aliphatic carbocycles. The first-order chi connectivity index (χ1) is 15.5. The number of pyridine rings is 1. The molecule has 0 atom stereocenters. The molecule has 0 aliphatic rings. The predicted octanol–water partition coefficient (Wildman–Crippen LogP) is 1.05. The first kappa shape index (κ1) is 22.3. The van der Waals surface area contributed by atoms with Gasteiger partial charge in [-0.05, 0) is 35.9 Å². The normalized spacial score (nSPS) is 11.6. The van der Waals surface area contributed by atoms with E-state index in [4.69, 9.17) is 17.3 Å². The zero-order valence-electron chi connectivity index (χ0n) is 17.0. The van der Waals surface area contributed by atoms with Gasteiger partial charge in [0.2, 0.25) is 10.0 Å². The molecule has 11 nitrogen and oxygen atoms in total. The summed E-state index contributed by atoms with van der Waals surface area (Å²) in [5, 5.41) is 0.728. The number of nitrogens with one attached hydrogen (secondary N) is 3. The number of rotatable bonds is 5. The number of aromatic nitrogens is 4. The topological polar surface area (TPSA) is 173 Å². The summed E-state index contributed by atoms with van der Waals surface area (Å²) in [5.41, 5.74) is 5.38. The lowest BCUT2D eigenvalue weighted by molar-refractivity contribution is 0.0974. The summed E-state index contributed by atoms with van der Waals surface area (Å²) >= 11 is 6.20. The van der Waals surface area contributed by atoms with Gasteiger partial charge in [-0.1, -0.05) is 11.6 Å². The van der Waals surface area contributed by atoms with Crippen molar-refractivity contribution in [1.82, 2.24) is 24.2 Å². The van der Waals surface area contributed by atoms with E-state index >= 15 is 0 Å². The quantitative estimate of drug-likeness (QED) is 0.325. The van der Waals surface area contributed by atoms with E-state index in [2.05, 4.69) is 15.0 Å². The highest BCUT2D eigenvalue weighted by atomic mass is 35.5. The first-order valence-electron chi connectivity index (χ1n) is 9.40. The van der Waals surface area contributed by atoms with Crippen LogP contribution >= 0.6 is 11.6 Å². The van der Waals surface area contributed by atoms with Crippen LogP contribution in [0.25, 0.3) is 22.0 Å². The second kappa shape index (κ2) is 8.22. The van der Waals surface area contributed by atoms with Crippen molar-refractivity contribution >= 4 is 44.3 Å². The third-order valence-electron chi connectivity index (χ3n) is 4.79. The Kier molecular flexibility index (Phi) is 5.56. The molecule has 170 valence electrons. The van der Waals surface area contributed by atoms with Gasteiger partial charge in [-0.2, -0.15) is 0 Å². The van der Waals surface area contributed by atoms with Crippen LogP contribution < -0.4 is 21.7 Å². The van der Waals surface area contributed by atoms with Crippen LogP contribution in [-0.2, 0) is 16.6 Å². The Hall–Kier alpha value is -3.90. The number of amides is 1. The summed E-state index contributed by atoms with van der Waals surface area (Å²) in [5.74, 6) is -0.709. The van der Waals surface area contributed by atoms with Gasteiger partial charge in [-0.15, -0.1) is 0 Å². The van der Waals surface area contributed by atoms with Crippen molar-refractivity contribution in [3.63, 3.8) is 0 Å². The number of nitrogen functional groups attached to an aromatic ring is 1. The number of anilines is 1. The Balaban J connectivity index is 2.10. The molecule has 0 fully saturated rings. The molecule has 0 bridgehead atoms. The van der Waals surface area contributed by atoms with Crippen LogP contribution in [-0.4, -0.2) is 40.1 Å². The van der Waals surface area contributed by atoms with Gasteiger partial charge in [0.1, 0.15) is 11.5 Å². The lowest BCUT2D eigenvalue weighted by Crippen LogP contribution is -2.32. The van der Waals surface area contributed by atoms with Crippen molar-refractivity contribution in [2.24, 2.45) is 0 Å². The molecular weight excluding hydrogens is 472 g/mol. The summed E-state index contributed by atoms with van der Waals surface area (Å²) in [4.78, 5) is 45.8. The van der Waals surface area contributed by atoms with Crippen LogP contribution in [0.3, 0.4) is 0 Å². The van der Waals surface area contributed by atoms with Crippen LogP contribution in [0.4, 0.5) is 5.82 Å². The zero-order valence-corrected chi connectivity index (χ0v) is 18.6. The van der Waals surface area contributed by atoms with E-state index in [0.717, 1.165) is 12.5 Å². The van der Waals surface area contributed by atoms with Crippen molar-refractivity contribution in [2.75, 3.05) is 12.0 Å². The fourth-order valence-electron chi connectivity index (χ4n) is 3.59. The maximum atomic E-state index is 13.2. The second-order valence-corrected chi connectivity index (χ2v) is 9.43. The molecule has 0 spiro atoms. The molecule has 5 N–H and O–H groups in total. The maximum absolute atomic E-state index is 13.2. The molecular formula is C20H17ClN6O5S. The number of carbonyl (C=O) groups excluding carboxylic acids is 1. The van der Waals surface area contributed by atoms with Crippen molar-refractivity contribution in [3.8, 4) is 11.1 Å². The highest BCUT2D eigenvalue weighted by Crippen LogP contribution is 2.35. The Labute approximate surface area is 191 Å². The van der Waals surface area contributed by atoms with E-state index in [-0.39, 0.29) is 29.2 Å². The molecule has 13 heteroatoms. The SMILES string of the molecule is CS(=O)(=O)NC(=O)c1c(-c2c[nH]c(=O)[nH]c2=O)c2cc(Cl)ccc2n1Cc1ccnc(N)c1. The molecule has 0 saturated heterocycles. The highest BCUT2D eigenvalue weighted by Gasteiger charge is 2.27. The monoisotopic (exact) mass is 488 g/mol. The van der Waals surface area contributed by atoms with Crippen LogP contribution in [0.15, 0.2) is 52.3 Å². The molecule has 3 aromatic heterocycles. The van der Waals surface area contributed by atoms with Gasteiger partial charge < -0.3 is 15.3 Å². The van der Waals surface area contributed by atoms with Crippen LogP contribution in [0, 0.1) is 0 Å². The number of nitrogens with zero attached hydrogens (tertiary/aromatic N) is 2. The van der Waals surface area contributed by atoms with Crippen molar-refractivity contribution in [3.05, 3.63) is 79.8 Å². The fourth-order valence-corrected chi connectivity index (χ4v) is 4.19. The number of hydrogen-bond donors (Lipinski definition) is 4. The molecule has 3 heterocycles. The van der Waals surface area contributed by atoms with Crippen LogP contribution in [0.1, 0.15) is 16.1 Å². The minimum Gasteiger partial charge on any atom is -0.384 e. The van der Waals surface area contributed by atoms with E-state index in [1.807, 2.05) is 4.72 Å². The number of benzene rings is 1. The minimum absolute atomic E-state index is 0.0477. The molecule has 0 radical (unpaired) electrons. The number of carbonyl (C=O) groups is 1. The van der Waals surface area contributed by atoms with E-state index < -0.39 is 27.2 Å². The number of nitrogens with two attached hydrogens (primary N) is 1. The van der Waals surface area contributed by atoms with Crippen molar-refractivity contribution in [1.29, 1.82) is 0 Å². The Bertz CT molecular complexity index is 1640. The summed E-state index contributed by atoms with van der Waals surface area (Å²) in [6, 6.07) is 8.07. The summed E-state index contributed by atoms with van der Waals surface area (Å²) in [6.07, 6.45) is 3.49. The van der Waals surface area contributed by atoms with Gasteiger partial charge in [-0.3, -0.25) is 14.6 Å². The first-order valence-corrected chi connectivity index (χ1v) is 11.7. The van der Waals surface area contributed by atoms with Gasteiger partial charge >= 0.3 is 5.69 Å². The second-order valence-electron chi connectivity index (χ2n) is 7.25. The molecule has 33 heavy (non-hydrogen) atoms. The largest absolute Gasteiger partial charge is 0.384 e. The smallest absolute Gasteiger partial charge is 0.325 e. The number of hydrogen-bond acceptors (Lipinski definition) is 7. The molecule has 1 amide bonds. The van der Waals surface area contributed by atoms with Gasteiger partial charge in [0.25, 0.3) is 11.5 Å². The summed E-state index contributed by atoms with van der Waals surface area (Å²) < 4.78 is 27.2. The number of aromatic amines is 2. The lowest BCUT2D eigenvalue weighted by atomic mass is 10.0. The standard InChI is InChI=1S/C20H17ClN6O5S/c1-33(31,32)26-19(29)17-16(13-8-24-20(30)25-18(13)28)12-7-11(21)2-3-14(12)27(17)9-10-4-5-23-15(22)6-10/h2-8H,9H2,1H3,(H2,22,23)(H,26,29)(H2,24,25,28,30). The van der Waals surface area contributed by atoms with Gasteiger partial charge in [0.05, 0.1) is 11.8 Å². The maximum Gasteiger partial charge on any atom is 0.325 e. The lowest BCUT2D eigenvalue weighted by Gasteiger charge is -2.12. The number of H-pyrrole nitrogens is 2. The average Bonchev–Trinajstić information content (AvgIpc) is 3.00.